The molecule has 11 aromatic carbocycles. The molecule has 1 unspecified atom stereocenters. The normalized spacial score (nSPS) is 14.7. The van der Waals surface area contributed by atoms with E-state index in [1.807, 2.05) is 0 Å². The summed E-state index contributed by atoms with van der Waals surface area (Å²) in [5, 5.41) is 12.5. The Balaban J connectivity index is 1.04. The summed E-state index contributed by atoms with van der Waals surface area (Å²) in [7, 11) is 0. The van der Waals surface area contributed by atoms with Crippen molar-refractivity contribution in [3.8, 4) is 50.3 Å². The van der Waals surface area contributed by atoms with Gasteiger partial charge in [-0.05, 0) is 143 Å². The Morgan fingerprint density at radius 3 is 1.82 bits per heavy atom. The highest BCUT2D eigenvalue weighted by Crippen LogP contribution is 2.64. The first-order valence-corrected chi connectivity index (χ1v) is 23.2. The minimum atomic E-state index is -0.670. The van der Waals surface area contributed by atoms with Crippen LogP contribution in [-0.4, -0.2) is 14.5 Å². The van der Waals surface area contributed by atoms with Crippen LogP contribution >= 0.6 is 0 Å². The van der Waals surface area contributed by atoms with Crippen LogP contribution in [-0.2, 0) is 5.41 Å². The van der Waals surface area contributed by atoms with Crippen molar-refractivity contribution in [2.75, 3.05) is 0 Å². The molecular formula is C64H39N3. The summed E-state index contributed by atoms with van der Waals surface area (Å²) < 4.78 is 2.47. The Labute approximate surface area is 386 Å². The lowest BCUT2D eigenvalue weighted by atomic mass is 9.70. The van der Waals surface area contributed by atoms with Crippen LogP contribution in [0.25, 0.3) is 115 Å². The average molecular weight is 850 g/mol. The van der Waals surface area contributed by atoms with Crippen LogP contribution in [0.15, 0.2) is 219 Å². The molecule has 2 aromatic heterocycles. The van der Waals surface area contributed by atoms with Crippen molar-refractivity contribution in [2.24, 2.45) is 0 Å². The fourth-order valence-electron chi connectivity index (χ4n) is 12.4. The molecule has 67 heavy (non-hydrogen) atoms. The van der Waals surface area contributed by atoms with E-state index >= 15 is 0 Å². The molecule has 1 atom stereocenters. The highest BCUT2D eigenvalue weighted by molar-refractivity contribution is 6.24. The Morgan fingerprint density at radius 2 is 1.03 bits per heavy atom. The Morgan fingerprint density at radius 1 is 0.403 bits per heavy atom. The van der Waals surface area contributed by atoms with Crippen molar-refractivity contribution < 1.29 is 0 Å². The van der Waals surface area contributed by atoms with Crippen molar-refractivity contribution >= 4 is 64.9 Å². The highest BCUT2D eigenvalue weighted by Gasteiger charge is 2.53. The lowest BCUT2D eigenvalue weighted by Crippen LogP contribution is -2.26. The molecule has 0 fully saturated rings. The van der Waals surface area contributed by atoms with Gasteiger partial charge in [-0.15, -0.1) is 0 Å². The summed E-state index contributed by atoms with van der Waals surface area (Å²) >= 11 is 0. The van der Waals surface area contributed by atoms with E-state index in [-0.39, 0.29) is 0 Å². The Bertz CT molecular complexity index is 4240. The number of fused-ring (bicyclic) bond motifs is 18. The fraction of sp³-hybridized carbons (Fsp3) is 0.0312. The van der Waals surface area contributed by atoms with E-state index in [1.54, 1.807) is 6.33 Å². The average Bonchev–Trinajstić information content (AvgIpc) is 3.98. The van der Waals surface area contributed by atoms with Gasteiger partial charge in [0.15, 0.2) is 0 Å². The second-order valence-electron chi connectivity index (χ2n) is 18.5. The Kier molecular flexibility index (Phi) is 7.36. The van der Waals surface area contributed by atoms with E-state index in [9.17, 15) is 0 Å². The van der Waals surface area contributed by atoms with Gasteiger partial charge in [0.2, 0.25) is 0 Å². The van der Waals surface area contributed by atoms with Crippen LogP contribution in [0.4, 0.5) is 0 Å². The molecule has 0 saturated heterocycles. The molecule has 1 spiro atoms. The third-order valence-corrected chi connectivity index (χ3v) is 15.1. The molecular weight excluding hydrogens is 811 g/mol. The minimum Gasteiger partial charge on any atom is -0.309 e. The van der Waals surface area contributed by atoms with Crippen LogP contribution in [0.3, 0.4) is 0 Å². The van der Waals surface area contributed by atoms with E-state index in [4.69, 9.17) is 9.97 Å². The molecule has 0 amide bonds. The van der Waals surface area contributed by atoms with E-state index in [2.05, 4.69) is 224 Å². The van der Waals surface area contributed by atoms with Gasteiger partial charge >= 0.3 is 0 Å². The van der Waals surface area contributed by atoms with E-state index in [1.165, 1.54) is 121 Å². The monoisotopic (exact) mass is 849 g/mol. The van der Waals surface area contributed by atoms with Gasteiger partial charge in [0.1, 0.15) is 6.33 Å². The standard InChI is InChI=1S/C64H39N3/c1-38-23-24-41-32-42(26-25-40(41)31-38)60-47-18-7-9-20-49(47)61(50-21-10-8-19-48(50)60)43-27-29-51-55(33-43)64(57-36-65-37-66-63(51)57)54-22-12-11-17-46(54)52-34-53-59(35-56(52)64)67(44-14-3-2-4-15-44)58-30-28-39-13-5-6-16-45(39)62(53)58/h2-37H,1H3. The first-order chi connectivity index (χ1) is 33.1. The topological polar surface area (TPSA) is 30.7 Å². The molecule has 2 heterocycles. The molecule has 310 valence electrons. The molecule has 3 nitrogen and oxygen atoms in total. The number of aromatic nitrogens is 3. The van der Waals surface area contributed by atoms with Crippen molar-refractivity contribution in [3.63, 3.8) is 0 Å². The first kappa shape index (κ1) is 36.7. The summed E-state index contributed by atoms with van der Waals surface area (Å²) in [5.41, 5.74) is 18.6. The van der Waals surface area contributed by atoms with Gasteiger partial charge in [-0.3, -0.25) is 0 Å². The highest BCUT2D eigenvalue weighted by atomic mass is 15.0. The zero-order valence-corrected chi connectivity index (χ0v) is 36.6. The van der Waals surface area contributed by atoms with Crippen molar-refractivity contribution in [2.45, 2.75) is 12.3 Å². The molecule has 0 N–H and O–H groups in total. The number of nitrogens with zero attached hydrogens (tertiary/aromatic N) is 3. The molecule has 2 aliphatic carbocycles. The zero-order valence-electron chi connectivity index (χ0n) is 36.6. The van der Waals surface area contributed by atoms with Crippen molar-refractivity contribution in [1.29, 1.82) is 0 Å². The maximum absolute atomic E-state index is 5.12. The molecule has 0 saturated carbocycles. The summed E-state index contributed by atoms with van der Waals surface area (Å²) in [6.07, 6.45) is 3.80. The van der Waals surface area contributed by atoms with Gasteiger partial charge in [0.05, 0.1) is 22.1 Å². The largest absolute Gasteiger partial charge is 0.309 e. The molecule has 2 aliphatic rings. The molecule has 3 heteroatoms. The van der Waals surface area contributed by atoms with Crippen LogP contribution in [0.5, 0.6) is 0 Å². The molecule has 0 radical (unpaired) electrons. The maximum Gasteiger partial charge on any atom is 0.116 e. The van der Waals surface area contributed by atoms with Crippen LogP contribution < -0.4 is 0 Å². The third-order valence-electron chi connectivity index (χ3n) is 15.1. The van der Waals surface area contributed by atoms with Gasteiger partial charge in [0, 0.05) is 33.8 Å². The third kappa shape index (κ3) is 4.85. The molecule has 13 aromatic rings. The number of hydrogen-bond acceptors (Lipinski definition) is 2. The maximum atomic E-state index is 5.12. The van der Waals surface area contributed by atoms with Gasteiger partial charge in [-0.2, -0.15) is 0 Å². The second-order valence-corrected chi connectivity index (χ2v) is 18.5. The smallest absolute Gasteiger partial charge is 0.116 e. The number of hydrogen-bond donors (Lipinski definition) is 0. The van der Waals surface area contributed by atoms with E-state index in [0.29, 0.717) is 0 Å². The number of rotatable bonds is 3. The molecule has 15 rings (SSSR count). The number of para-hydroxylation sites is 1. The molecule has 0 aliphatic heterocycles. The van der Waals surface area contributed by atoms with Gasteiger partial charge < -0.3 is 4.57 Å². The fourth-order valence-corrected chi connectivity index (χ4v) is 12.4. The first-order valence-electron chi connectivity index (χ1n) is 23.2. The van der Waals surface area contributed by atoms with Crippen LogP contribution in [0.2, 0.25) is 0 Å². The minimum absolute atomic E-state index is 0.670. The van der Waals surface area contributed by atoms with Crippen LogP contribution in [0.1, 0.15) is 27.8 Å². The summed E-state index contributed by atoms with van der Waals surface area (Å²) in [5.74, 6) is 0. The SMILES string of the molecule is Cc1ccc2cc(-c3c4ccccc4c(-c4ccc5c(c4)C4(c6ccccc6-c6cc7c8c9ccccc9ccc8n(-c8ccccc8)c7cc64)c4cncnc4-5)c4ccccc34)ccc2c1. The summed E-state index contributed by atoms with van der Waals surface area (Å²) in [6, 6.07) is 77.2. The summed E-state index contributed by atoms with van der Waals surface area (Å²) in [6.45, 7) is 2.16. The second kappa shape index (κ2) is 13.4. The molecule has 0 bridgehead atoms. The van der Waals surface area contributed by atoms with Gasteiger partial charge in [-0.25, -0.2) is 9.97 Å². The predicted molar refractivity (Wildman–Crippen MR) is 278 cm³/mol. The summed E-state index contributed by atoms with van der Waals surface area (Å²) in [4.78, 5) is 9.93. The quantitative estimate of drug-likeness (QED) is 0.166. The Hall–Kier alpha value is -8.66. The van der Waals surface area contributed by atoms with Gasteiger partial charge in [-0.1, -0.05) is 169 Å². The lowest BCUT2D eigenvalue weighted by Gasteiger charge is -2.30. The van der Waals surface area contributed by atoms with Crippen molar-refractivity contribution in [3.05, 3.63) is 247 Å². The lowest BCUT2D eigenvalue weighted by molar-refractivity contribution is 0.785. The zero-order chi connectivity index (χ0) is 44.0. The van der Waals surface area contributed by atoms with E-state index in [0.717, 1.165) is 22.5 Å². The number of benzene rings is 11. The van der Waals surface area contributed by atoms with Gasteiger partial charge in [0.25, 0.3) is 0 Å². The number of aryl methyl sites for hydroxylation is 1. The van der Waals surface area contributed by atoms with Crippen LogP contribution in [0, 0.1) is 6.92 Å². The predicted octanol–water partition coefficient (Wildman–Crippen LogP) is 16.2. The van der Waals surface area contributed by atoms with E-state index < -0.39 is 5.41 Å². The van der Waals surface area contributed by atoms with Crippen molar-refractivity contribution in [1.82, 2.24) is 14.5 Å².